The van der Waals surface area contributed by atoms with Crippen LogP contribution in [0.25, 0.3) is 0 Å². The van der Waals surface area contributed by atoms with Crippen LogP contribution < -0.4 is 0 Å². The lowest BCUT2D eigenvalue weighted by Crippen LogP contribution is -2.22. The van der Waals surface area contributed by atoms with Crippen LogP contribution in [0, 0.1) is 0 Å². The van der Waals surface area contributed by atoms with Crippen molar-refractivity contribution >= 4 is 11.8 Å². The van der Waals surface area contributed by atoms with Gasteiger partial charge in [-0.05, 0) is 6.42 Å². The van der Waals surface area contributed by atoms with Crippen LogP contribution in [-0.2, 0) is 9.59 Å². The largest absolute Gasteiger partial charge is 0.274 e. The smallest absolute Gasteiger partial charge is 0.233 e. The van der Waals surface area contributed by atoms with Crippen molar-refractivity contribution < 1.29 is 9.59 Å². The van der Waals surface area contributed by atoms with Crippen molar-refractivity contribution in [3.8, 4) is 0 Å². The fourth-order valence-electron chi connectivity index (χ4n) is 1.26. The summed E-state index contributed by atoms with van der Waals surface area (Å²) in [6.07, 6.45) is 7.43. The van der Waals surface area contributed by atoms with Crippen molar-refractivity contribution in [1.29, 1.82) is 0 Å². The van der Waals surface area contributed by atoms with Crippen molar-refractivity contribution in [3.05, 3.63) is 12.3 Å². The maximum absolute atomic E-state index is 11.1. The van der Waals surface area contributed by atoms with Gasteiger partial charge in [0.2, 0.25) is 11.8 Å². The fourth-order valence-corrected chi connectivity index (χ4v) is 1.26. The van der Waals surface area contributed by atoms with Crippen LogP contribution in [0.2, 0.25) is 0 Å². The van der Waals surface area contributed by atoms with Crippen LogP contribution in [0.15, 0.2) is 12.3 Å². The maximum Gasteiger partial charge on any atom is 0.233 e. The molecule has 0 unspecified atom stereocenters. The molecule has 0 atom stereocenters. The average molecular weight is 181 g/mol. The van der Waals surface area contributed by atoms with E-state index in [-0.39, 0.29) is 11.8 Å². The van der Waals surface area contributed by atoms with Gasteiger partial charge in [-0.25, -0.2) is 0 Å². The van der Waals surface area contributed by atoms with Crippen LogP contribution in [-0.4, -0.2) is 16.7 Å². The minimum Gasteiger partial charge on any atom is -0.274 e. The lowest BCUT2D eigenvalue weighted by Gasteiger charge is -2.05. The van der Waals surface area contributed by atoms with Crippen LogP contribution in [0.3, 0.4) is 0 Å². The highest BCUT2D eigenvalue weighted by Gasteiger charge is 2.26. The number of carbonyl (C=O) groups excluding carboxylic acids is 2. The van der Waals surface area contributed by atoms with Crippen molar-refractivity contribution in [1.82, 2.24) is 4.90 Å². The summed E-state index contributed by atoms with van der Waals surface area (Å²) < 4.78 is 0. The molecule has 13 heavy (non-hydrogen) atoms. The highest BCUT2D eigenvalue weighted by molar-refractivity contribution is 6.02. The van der Waals surface area contributed by atoms with Gasteiger partial charge in [0, 0.05) is 19.0 Å². The maximum atomic E-state index is 11.1. The molecule has 1 rings (SSSR count). The Balaban J connectivity index is 2.38. The fraction of sp³-hybridized carbons (Fsp3) is 0.600. The van der Waals surface area contributed by atoms with Gasteiger partial charge in [-0.3, -0.25) is 14.5 Å². The third-order valence-corrected chi connectivity index (χ3v) is 2.07. The number of hydrogen-bond acceptors (Lipinski definition) is 2. The summed E-state index contributed by atoms with van der Waals surface area (Å²) >= 11 is 0. The van der Waals surface area contributed by atoms with Gasteiger partial charge >= 0.3 is 0 Å². The van der Waals surface area contributed by atoms with Gasteiger partial charge in [0.25, 0.3) is 0 Å². The Morgan fingerprint density at radius 3 is 2.46 bits per heavy atom. The first kappa shape index (κ1) is 9.96. The molecule has 0 radical (unpaired) electrons. The van der Waals surface area contributed by atoms with E-state index in [4.69, 9.17) is 0 Å². The van der Waals surface area contributed by atoms with Crippen LogP contribution in [0.5, 0.6) is 0 Å². The number of unbranched alkanes of at least 4 members (excludes halogenated alkanes) is 2. The van der Waals surface area contributed by atoms with E-state index in [9.17, 15) is 9.59 Å². The molecule has 1 saturated heterocycles. The van der Waals surface area contributed by atoms with Gasteiger partial charge < -0.3 is 0 Å². The lowest BCUT2D eigenvalue weighted by molar-refractivity contribution is -0.135. The summed E-state index contributed by atoms with van der Waals surface area (Å²) in [5.74, 6) is -0.143. The van der Waals surface area contributed by atoms with E-state index in [1.807, 2.05) is 6.08 Å². The summed E-state index contributed by atoms with van der Waals surface area (Å²) in [5.41, 5.74) is 0. The summed E-state index contributed by atoms with van der Waals surface area (Å²) in [6.45, 7) is 2.11. The van der Waals surface area contributed by atoms with Crippen molar-refractivity contribution in [2.75, 3.05) is 0 Å². The van der Waals surface area contributed by atoms with Gasteiger partial charge in [0.15, 0.2) is 0 Å². The molecular formula is C10H15NO2. The first-order chi connectivity index (χ1) is 6.25. The summed E-state index contributed by atoms with van der Waals surface area (Å²) in [6, 6.07) is 0. The van der Waals surface area contributed by atoms with Crippen molar-refractivity contribution in [2.24, 2.45) is 0 Å². The summed E-state index contributed by atoms with van der Waals surface area (Å²) in [4.78, 5) is 23.4. The number of carbonyl (C=O) groups is 2. The lowest BCUT2D eigenvalue weighted by atomic mass is 10.2. The zero-order valence-corrected chi connectivity index (χ0v) is 7.95. The van der Waals surface area contributed by atoms with Gasteiger partial charge in [0.05, 0.1) is 0 Å². The number of nitrogens with zero attached hydrogens (tertiary/aromatic N) is 1. The molecule has 1 aliphatic heterocycles. The Labute approximate surface area is 78.4 Å². The monoisotopic (exact) mass is 181 g/mol. The zero-order chi connectivity index (χ0) is 9.68. The number of imide groups is 1. The molecule has 0 aromatic rings. The third-order valence-electron chi connectivity index (χ3n) is 2.07. The van der Waals surface area contributed by atoms with E-state index >= 15 is 0 Å². The molecule has 72 valence electrons. The molecule has 0 spiro atoms. The molecule has 0 aromatic carbocycles. The average Bonchev–Trinajstić information content (AvgIpc) is 2.42. The number of likely N-dealkylation sites (tertiary alicyclic amines) is 1. The summed E-state index contributed by atoms with van der Waals surface area (Å²) in [5, 5.41) is 0. The number of hydrogen-bond donors (Lipinski definition) is 0. The highest BCUT2D eigenvalue weighted by atomic mass is 16.2. The van der Waals surface area contributed by atoms with Gasteiger partial charge in [-0.2, -0.15) is 0 Å². The Bertz CT molecular complexity index is 217. The van der Waals surface area contributed by atoms with Gasteiger partial charge in [0.1, 0.15) is 0 Å². The Hall–Kier alpha value is -1.12. The predicted molar refractivity (Wildman–Crippen MR) is 49.8 cm³/mol. The van der Waals surface area contributed by atoms with E-state index in [1.54, 1.807) is 6.20 Å². The minimum atomic E-state index is -0.0715. The molecule has 3 nitrogen and oxygen atoms in total. The van der Waals surface area contributed by atoms with Crippen molar-refractivity contribution in [3.63, 3.8) is 0 Å². The molecule has 0 aliphatic carbocycles. The van der Waals surface area contributed by atoms with E-state index in [1.165, 1.54) is 4.90 Å². The quantitative estimate of drug-likeness (QED) is 0.490. The molecule has 0 N–H and O–H groups in total. The molecule has 0 saturated carbocycles. The van der Waals surface area contributed by atoms with Crippen molar-refractivity contribution in [2.45, 2.75) is 39.0 Å². The third kappa shape index (κ3) is 2.68. The molecule has 0 aromatic heterocycles. The number of rotatable bonds is 4. The number of amides is 2. The minimum absolute atomic E-state index is 0.0715. The standard InChI is InChI=1S/C10H15NO2/c1-2-3-4-5-8-11-9(12)6-7-10(11)13/h5,8H,2-4,6-7H2,1H3. The van der Waals surface area contributed by atoms with Crippen LogP contribution in [0.1, 0.15) is 39.0 Å². The Morgan fingerprint density at radius 2 is 1.92 bits per heavy atom. The molecule has 1 aliphatic rings. The zero-order valence-electron chi connectivity index (χ0n) is 7.95. The van der Waals surface area contributed by atoms with Crippen LogP contribution >= 0.6 is 0 Å². The molecule has 2 amide bonds. The predicted octanol–water partition coefficient (Wildman–Crippen LogP) is 1.84. The van der Waals surface area contributed by atoms with Gasteiger partial charge in [-0.15, -0.1) is 0 Å². The van der Waals surface area contributed by atoms with E-state index < -0.39 is 0 Å². The topological polar surface area (TPSA) is 37.4 Å². The van der Waals surface area contributed by atoms with E-state index in [0.717, 1.165) is 19.3 Å². The second kappa shape index (κ2) is 4.80. The van der Waals surface area contributed by atoms with E-state index in [2.05, 4.69) is 6.92 Å². The van der Waals surface area contributed by atoms with Crippen LogP contribution in [0.4, 0.5) is 0 Å². The first-order valence-electron chi connectivity index (χ1n) is 4.77. The molecule has 1 heterocycles. The molecule has 3 heteroatoms. The highest BCUT2D eigenvalue weighted by Crippen LogP contribution is 2.12. The number of allylic oxidation sites excluding steroid dienone is 1. The second-order valence-corrected chi connectivity index (χ2v) is 3.18. The normalized spacial score (nSPS) is 17.8. The molecule has 0 bridgehead atoms. The Morgan fingerprint density at radius 1 is 1.31 bits per heavy atom. The molecular weight excluding hydrogens is 166 g/mol. The van der Waals surface area contributed by atoms with Gasteiger partial charge in [-0.1, -0.05) is 25.8 Å². The first-order valence-corrected chi connectivity index (χ1v) is 4.77. The summed E-state index contributed by atoms with van der Waals surface area (Å²) in [7, 11) is 0. The Kier molecular flexibility index (Phi) is 3.68. The van der Waals surface area contributed by atoms with E-state index in [0.29, 0.717) is 12.8 Å². The second-order valence-electron chi connectivity index (χ2n) is 3.18. The molecule has 1 fully saturated rings. The SMILES string of the molecule is CCCCC=CN1C(=O)CCC1=O.